The van der Waals surface area contributed by atoms with Crippen LogP contribution in [0.4, 0.5) is 13.2 Å². The molecule has 0 nitrogen and oxygen atoms in total. The Hall–Kier alpha value is -0.700. The van der Waals surface area contributed by atoms with Crippen molar-refractivity contribution in [2.45, 2.75) is 20.0 Å². The fraction of sp³-hybridized carbons (Fsp3) is 0.300. The van der Waals surface area contributed by atoms with E-state index in [0.717, 1.165) is 18.1 Å². The average Bonchev–Trinajstić information content (AvgIpc) is 2.01. The van der Waals surface area contributed by atoms with Gasteiger partial charge in [-0.15, -0.1) is 0 Å². The van der Waals surface area contributed by atoms with Crippen molar-refractivity contribution in [2.24, 2.45) is 0 Å². The largest absolute Gasteiger partial charge is 0.416 e. The number of benzene rings is 1. The van der Waals surface area contributed by atoms with E-state index in [1.807, 2.05) is 0 Å². The SMILES string of the molecule is C[C](C)c1cc(Cl)cc(C(F)(F)F)c1. The van der Waals surface area contributed by atoms with Gasteiger partial charge in [0.2, 0.25) is 0 Å². The third-order valence-electron chi connectivity index (χ3n) is 1.80. The van der Waals surface area contributed by atoms with E-state index >= 15 is 0 Å². The van der Waals surface area contributed by atoms with E-state index in [1.165, 1.54) is 6.07 Å². The van der Waals surface area contributed by atoms with Crippen LogP contribution in [0.15, 0.2) is 18.2 Å². The Morgan fingerprint density at radius 2 is 1.71 bits per heavy atom. The fourth-order valence-corrected chi connectivity index (χ4v) is 1.28. The molecule has 0 fully saturated rings. The zero-order valence-electron chi connectivity index (χ0n) is 7.74. The van der Waals surface area contributed by atoms with Crippen molar-refractivity contribution in [3.63, 3.8) is 0 Å². The lowest BCUT2D eigenvalue weighted by atomic mass is 10.0. The Balaban J connectivity index is 3.21. The minimum absolute atomic E-state index is 0.107. The highest BCUT2D eigenvalue weighted by atomic mass is 35.5. The summed E-state index contributed by atoms with van der Waals surface area (Å²) < 4.78 is 37.0. The average molecular weight is 222 g/mol. The Bertz CT molecular complexity index is 329. The van der Waals surface area contributed by atoms with E-state index < -0.39 is 11.7 Å². The van der Waals surface area contributed by atoms with Crippen LogP contribution in [0.2, 0.25) is 5.02 Å². The van der Waals surface area contributed by atoms with Crippen molar-refractivity contribution in [1.82, 2.24) is 0 Å². The van der Waals surface area contributed by atoms with Crippen LogP contribution in [-0.4, -0.2) is 0 Å². The van der Waals surface area contributed by atoms with Gasteiger partial charge in [0.05, 0.1) is 5.56 Å². The number of halogens is 4. The zero-order chi connectivity index (χ0) is 10.9. The van der Waals surface area contributed by atoms with Gasteiger partial charge in [-0.05, 0) is 29.7 Å². The van der Waals surface area contributed by atoms with E-state index in [9.17, 15) is 13.2 Å². The van der Waals surface area contributed by atoms with Crippen LogP contribution in [0.1, 0.15) is 25.0 Å². The third-order valence-corrected chi connectivity index (χ3v) is 2.02. The normalized spacial score (nSPS) is 12.2. The molecular weight excluding hydrogens is 213 g/mol. The number of hydrogen-bond donors (Lipinski definition) is 0. The number of alkyl halides is 3. The molecular formula is C10H9ClF3. The maximum absolute atomic E-state index is 12.3. The van der Waals surface area contributed by atoms with Gasteiger partial charge >= 0.3 is 6.18 Å². The van der Waals surface area contributed by atoms with Crippen molar-refractivity contribution in [2.75, 3.05) is 0 Å². The lowest BCUT2D eigenvalue weighted by molar-refractivity contribution is -0.137. The second-order valence-corrected chi connectivity index (χ2v) is 3.66. The van der Waals surface area contributed by atoms with Crippen LogP contribution >= 0.6 is 11.6 Å². The Labute approximate surface area is 85.7 Å². The summed E-state index contributed by atoms with van der Waals surface area (Å²) in [6.45, 7) is 3.48. The second kappa shape index (κ2) is 3.81. The Morgan fingerprint density at radius 3 is 2.14 bits per heavy atom. The summed E-state index contributed by atoms with van der Waals surface area (Å²) in [7, 11) is 0. The topological polar surface area (TPSA) is 0 Å². The van der Waals surface area contributed by atoms with Gasteiger partial charge in [0.25, 0.3) is 0 Å². The van der Waals surface area contributed by atoms with Crippen molar-refractivity contribution in [1.29, 1.82) is 0 Å². The van der Waals surface area contributed by atoms with E-state index in [-0.39, 0.29) is 5.02 Å². The molecule has 0 aliphatic rings. The summed E-state index contributed by atoms with van der Waals surface area (Å²) in [6, 6.07) is 3.54. The van der Waals surface area contributed by atoms with Gasteiger partial charge in [0.1, 0.15) is 0 Å². The first-order chi connectivity index (χ1) is 6.30. The van der Waals surface area contributed by atoms with Crippen molar-refractivity contribution < 1.29 is 13.2 Å². The molecule has 0 saturated carbocycles. The van der Waals surface area contributed by atoms with Gasteiger partial charge in [0.15, 0.2) is 0 Å². The quantitative estimate of drug-likeness (QED) is 0.663. The van der Waals surface area contributed by atoms with Crippen LogP contribution in [-0.2, 0) is 6.18 Å². The van der Waals surface area contributed by atoms with Gasteiger partial charge in [-0.1, -0.05) is 25.4 Å². The molecule has 0 unspecified atom stereocenters. The summed E-state index contributed by atoms with van der Waals surface area (Å²) in [5, 5.41) is 0.107. The van der Waals surface area contributed by atoms with Crippen molar-refractivity contribution in [3.8, 4) is 0 Å². The minimum Gasteiger partial charge on any atom is -0.166 e. The molecule has 0 spiro atoms. The first kappa shape index (κ1) is 11.4. The van der Waals surface area contributed by atoms with Gasteiger partial charge < -0.3 is 0 Å². The lowest BCUT2D eigenvalue weighted by Crippen LogP contribution is -2.06. The van der Waals surface area contributed by atoms with Crippen LogP contribution in [0.5, 0.6) is 0 Å². The maximum Gasteiger partial charge on any atom is 0.416 e. The molecule has 0 heterocycles. The second-order valence-electron chi connectivity index (χ2n) is 3.23. The molecule has 1 aromatic carbocycles. The molecule has 0 amide bonds. The molecule has 4 heteroatoms. The molecule has 0 aliphatic carbocycles. The molecule has 0 saturated heterocycles. The van der Waals surface area contributed by atoms with E-state index in [2.05, 4.69) is 0 Å². The molecule has 0 aliphatic heterocycles. The maximum atomic E-state index is 12.3. The molecule has 14 heavy (non-hydrogen) atoms. The first-order valence-corrected chi connectivity index (χ1v) is 4.37. The van der Waals surface area contributed by atoms with Gasteiger partial charge in [-0.3, -0.25) is 0 Å². The molecule has 0 N–H and O–H groups in total. The zero-order valence-corrected chi connectivity index (χ0v) is 8.50. The minimum atomic E-state index is -4.34. The predicted octanol–water partition coefficient (Wildman–Crippen LogP) is 4.32. The third kappa shape index (κ3) is 2.64. The molecule has 0 aromatic heterocycles. The Morgan fingerprint density at radius 1 is 1.14 bits per heavy atom. The van der Waals surface area contributed by atoms with E-state index in [4.69, 9.17) is 11.6 Å². The van der Waals surface area contributed by atoms with Gasteiger partial charge in [-0.2, -0.15) is 13.2 Å². The first-order valence-electron chi connectivity index (χ1n) is 3.99. The molecule has 1 rings (SSSR count). The highest BCUT2D eigenvalue weighted by Crippen LogP contribution is 2.33. The van der Waals surface area contributed by atoms with Gasteiger partial charge in [-0.25, -0.2) is 0 Å². The van der Waals surface area contributed by atoms with Crippen LogP contribution in [0.25, 0.3) is 0 Å². The summed E-state index contributed by atoms with van der Waals surface area (Å²) in [4.78, 5) is 0. The molecule has 1 radical (unpaired) electrons. The van der Waals surface area contributed by atoms with Gasteiger partial charge in [0, 0.05) is 5.02 Å². The number of hydrogen-bond acceptors (Lipinski definition) is 0. The summed E-state index contributed by atoms with van der Waals surface area (Å²) >= 11 is 5.59. The predicted molar refractivity (Wildman–Crippen MR) is 50.1 cm³/mol. The summed E-state index contributed by atoms with van der Waals surface area (Å²) in [6.07, 6.45) is -4.34. The monoisotopic (exact) mass is 221 g/mol. The van der Waals surface area contributed by atoms with E-state index in [0.29, 0.717) is 5.56 Å². The molecule has 1 aromatic rings. The molecule has 0 bridgehead atoms. The highest BCUT2D eigenvalue weighted by Gasteiger charge is 2.31. The van der Waals surface area contributed by atoms with Crippen molar-refractivity contribution >= 4 is 11.6 Å². The van der Waals surface area contributed by atoms with E-state index in [1.54, 1.807) is 13.8 Å². The highest BCUT2D eigenvalue weighted by molar-refractivity contribution is 6.30. The summed E-state index contributed by atoms with van der Waals surface area (Å²) in [5.41, 5.74) is -0.189. The smallest absolute Gasteiger partial charge is 0.166 e. The standard InChI is InChI=1S/C10H9ClF3/c1-6(2)7-3-8(10(12,13)14)5-9(11)4-7/h3-5H,1-2H3. The summed E-state index contributed by atoms with van der Waals surface area (Å²) in [5.74, 6) is 0.804. The molecule has 0 atom stereocenters. The van der Waals surface area contributed by atoms with Crippen LogP contribution < -0.4 is 0 Å². The van der Waals surface area contributed by atoms with Crippen molar-refractivity contribution in [3.05, 3.63) is 40.3 Å². The fourth-order valence-electron chi connectivity index (χ4n) is 1.04. The number of rotatable bonds is 1. The van der Waals surface area contributed by atoms with Crippen LogP contribution in [0.3, 0.4) is 0 Å². The lowest BCUT2D eigenvalue weighted by Gasteiger charge is -2.11. The Kier molecular flexibility index (Phi) is 3.10. The van der Waals surface area contributed by atoms with Crippen LogP contribution in [0, 0.1) is 5.92 Å². The molecule has 77 valence electrons.